The van der Waals surface area contributed by atoms with Crippen molar-refractivity contribution in [2.75, 3.05) is 49.5 Å². The van der Waals surface area contributed by atoms with Crippen LogP contribution in [0.4, 0.5) is 15.9 Å². The van der Waals surface area contributed by atoms with Crippen molar-refractivity contribution in [3.05, 3.63) is 53.4 Å². The molecule has 3 aromatic rings. The number of halogens is 1. The summed E-state index contributed by atoms with van der Waals surface area (Å²) in [6, 6.07) is 4.84. The van der Waals surface area contributed by atoms with Crippen LogP contribution in [0.2, 0.25) is 0 Å². The van der Waals surface area contributed by atoms with E-state index in [4.69, 9.17) is 0 Å². The summed E-state index contributed by atoms with van der Waals surface area (Å²) in [5, 5.41) is 7.55. The van der Waals surface area contributed by atoms with E-state index in [1.54, 1.807) is 12.3 Å². The molecule has 1 aromatic carbocycles. The maximum absolute atomic E-state index is 14.9. The van der Waals surface area contributed by atoms with E-state index >= 15 is 0 Å². The van der Waals surface area contributed by atoms with Crippen LogP contribution in [-0.2, 0) is 0 Å². The largest absolute Gasteiger partial charge is 0.369 e. The summed E-state index contributed by atoms with van der Waals surface area (Å²) in [5.74, 6) is -0.676. The minimum atomic E-state index is -0.528. The molecule has 0 saturated carbocycles. The van der Waals surface area contributed by atoms with Crippen molar-refractivity contribution < 1.29 is 9.18 Å². The molecule has 2 aromatic heterocycles. The first-order chi connectivity index (χ1) is 15.5. The number of imidazole rings is 1. The molecule has 9 heteroatoms. The van der Waals surface area contributed by atoms with Crippen LogP contribution in [0, 0.1) is 19.7 Å². The first-order valence-corrected chi connectivity index (χ1v) is 11.2. The van der Waals surface area contributed by atoms with Crippen LogP contribution in [-0.4, -0.2) is 69.6 Å². The molecule has 0 aliphatic carbocycles. The molecule has 0 bridgehead atoms. The maximum atomic E-state index is 14.9. The van der Waals surface area contributed by atoms with Crippen LogP contribution in [0.5, 0.6) is 0 Å². The lowest BCUT2D eigenvalue weighted by Crippen LogP contribution is -2.53. The SMILES string of the molecule is Cc1cn2cc(NC(=O)c3ccc(N4CCN(N5CCCC5)CC4)cc3F)nc2c(C)n1. The first kappa shape index (κ1) is 20.8. The molecular weight excluding hydrogens is 409 g/mol. The third-order valence-electron chi connectivity index (χ3n) is 6.27. The zero-order valence-electron chi connectivity index (χ0n) is 18.5. The molecule has 2 aliphatic rings. The summed E-state index contributed by atoms with van der Waals surface area (Å²) < 4.78 is 16.7. The Morgan fingerprint density at radius 1 is 0.969 bits per heavy atom. The van der Waals surface area contributed by atoms with Gasteiger partial charge in [0.15, 0.2) is 11.5 Å². The Hall–Kier alpha value is -3.04. The Labute approximate surface area is 186 Å². The summed E-state index contributed by atoms with van der Waals surface area (Å²) in [5.41, 5.74) is 3.10. The number of carbonyl (C=O) groups excluding carboxylic acids is 1. The van der Waals surface area contributed by atoms with E-state index in [9.17, 15) is 9.18 Å². The fourth-order valence-corrected chi connectivity index (χ4v) is 4.65. The number of hydrogen-bond donors (Lipinski definition) is 1. The molecule has 32 heavy (non-hydrogen) atoms. The van der Waals surface area contributed by atoms with Gasteiger partial charge in [-0.1, -0.05) is 0 Å². The van der Waals surface area contributed by atoms with E-state index < -0.39 is 11.7 Å². The predicted molar refractivity (Wildman–Crippen MR) is 121 cm³/mol. The van der Waals surface area contributed by atoms with Gasteiger partial charge in [0, 0.05) is 51.2 Å². The molecule has 1 N–H and O–H groups in total. The van der Waals surface area contributed by atoms with Crippen molar-refractivity contribution in [1.29, 1.82) is 0 Å². The molecule has 1 amide bonds. The maximum Gasteiger partial charge on any atom is 0.259 e. The summed E-state index contributed by atoms with van der Waals surface area (Å²) in [7, 11) is 0. The van der Waals surface area contributed by atoms with Gasteiger partial charge >= 0.3 is 0 Å². The Kier molecular flexibility index (Phi) is 5.52. The van der Waals surface area contributed by atoms with E-state index in [0.29, 0.717) is 11.5 Å². The van der Waals surface area contributed by atoms with E-state index in [0.717, 1.165) is 56.3 Å². The number of hydrazine groups is 1. The number of hydrogen-bond acceptors (Lipinski definition) is 6. The van der Waals surface area contributed by atoms with Gasteiger partial charge in [-0.05, 0) is 44.9 Å². The smallest absolute Gasteiger partial charge is 0.259 e. The van der Waals surface area contributed by atoms with E-state index in [-0.39, 0.29) is 5.56 Å². The van der Waals surface area contributed by atoms with Gasteiger partial charge in [0.2, 0.25) is 0 Å². The Morgan fingerprint density at radius 2 is 1.69 bits per heavy atom. The molecular formula is C23H28FN7O. The fourth-order valence-electron chi connectivity index (χ4n) is 4.65. The van der Waals surface area contributed by atoms with Crippen molar-refractivity contribution in [3.63, 3.8) is 0 Å². The van der Waals surface area contributed by atoms with E-state index in [1.807, 2.05) is 30.5 Å². The van der Waals surface area contributed by atoms with Crippen LogP contribution < -0.4 is 10.2 Å². The zero-order chi connectivity index (χ0) is 22.2. The number of amides is 1. The van der Waals surface area contributed by atoms with Crippen LogP contribution in [0.15, 0.2) is 30.6 Å². The normalized spacial score (nSPS) is 17.9. The number of aryl methyl sites for hydroxylation is 2. The van der Waals surface area contributed by atoms with Crippen LogP contribution in [0.3, 0.4) is 0 Å². The van der Waals surface area contributed by atoms with Crippen molar-refractivity contribution >= 4 is 23.1 Å². The molecule has 2 aliphatic heterocycles. The quantitative estimate of drug-likeness (QED) is 0.677. The molecule has 2 saturated heterocycles. The lowest BCUT2D eigenvalue weighted by Gasteiger charge is -2.40. The standard InChI is InChI=1S/C23H28FN7O/c1-16-14-29-15-21(26-22(29)17(2)25-16)27-23(32)19-6-5-18(13-20(19)24)28-9-11-31(12-10-28)30-7-3-4-8-30/h5-6,13-15H,3-4,7-12H2,1-2H3,(H,27,32). The van der Waals surface area contributed by atoms with Gasteiger partial charge < -0.3 is 14.6 Å². The van der Waals surface area contributed by atoms with Crippen molar-refractivity contribution in [3.8, 4) is 0 Å². The molecule has 2 fully saturated rings. The van der Waals surface area contributed by atoms with Crippen LogP contribution in [0.1, 0.15) is 34.6 Å². The van der Waals surface area contributed by atoms with Gasteiger partial charge in [0.1, 0.15) is 5.82 Å². The van der Waals surface area contributed by atoms with Gasteiger partial charge in [-0.25, -0.2) is 19.4 Å². The lowest BCUT2D eigenvalue weighted by molar-refractivity contribution is -0.00759. The summed E-state index contributed by atoms with van der Waals surface area (Å²) in [6.45, 7) is 9.60. The minimum Gasteiger partial charge on any atom is -0.369 e. The number of fused-ring (bicyclic) bond motifs is 1. The van der Waals surface area contributed by atoms with Gasteiger partial charge in [0.25, 0.3) is 5.91 Å². The summed E-state index contributed by atoms with van der Waals surface area (Å²) in [6.07, 6.45) is 6.07. The lowest BCUT2D eigenvalue weighted by atomic mass is 10.1. The monoisotopic (exact) mass is 437 g/mol. The molecule has 4 heterocycles. The Balaban J connectivity index is 1.26. The molecule has 0 atom stereocenters. The molecule has 168 valence electrons. The molecule has 0 radical (unpaired) electrons. The molecule has 8 nitrogen and oxygen atoms in total. The minimum absolute atomic E-state index is 0.00698. The third kappa shape index (κ3) is 4.05. The average molecular weight is 438 g/mol. The summed E-state index contributed by atoms with van der Waals surface area (Å²) >= 11 is 0. The molecule has 0 unspecified atom stereocenters. The second-order valence-electron chi connectivity index (χ2n) is 8.54. The highest BCUT2D eigenvalue weighted by Gasteiger charge is 2.25. The topological polar surface area (TPSA) is 69.0 Å². The second kappa shape index (κ2) is 8.48. The van der Waals surface area contributed by atoms with E-state index in [1.165, 1.54) is 18.9 Å². The third-order valence-corrected chi connectivity index (χ3v) is 6.27. The van der Waals surface area contributed by atoms with Gasteiger partial charge in [-0.3, -0.25) is 9.78 Å². The zero-order valence-corrected chi connectivity index (χ0v) is 18.5. The van der Waals surface area contributed by atoms with E-state index in [2.05, 4.69) is 30.2 Å². The average Bonchev–Trinajstić information content (AvgIpc) is 3.44. The van der Waals surface area contributed by atoms with Gasteiger partial charge in [0.05, 0.1) is 23.1 Å². The number of anilines is 2. The highest BCUT2D eigenvalue weighted by molar-refractivity contribution is 6.04. The first-order valence-electron chi connectivity index (χ1n) is 11.2. The van der Waals surface area contributed by atoms with Gasteiger partial charge in [-0.2, -0.15) is 0 Å². The number of rotatable bonds is 4. The Morgan fingerprint density at radius 3 is 2.41 bits per heavy atom. The Bertz CT molecular complexity index is 1150. The fraction of sp³-hybridized carbons (Fsp3) is 0.435. The summed E-state index contributed by atoms with van der Waals surface area (Å²) in [4.78, 5) is 23.7. The number of nitrogens with zero attached hydrogens (tertiary/aromatic N) is 6. The molecule has 0 spiro atoms. The molecule has 5 rings (SSSR count). The number of carbonyl (C=O) groups is 1. The van der Waals surface area contributed by atoms with Crippen LogP contribution in [0.25, 0.3) is 5.65 Å². The van der Waals surface area contributed by atoms with Crippen molar-refractivity contribution in [2.45, 2.75) is 26.7 Å². The van der Waals surface area contributed by atoms with Gasteiger partial charge in [-0.15, -0.1) is 0 Å². The number of aromatic nitrogens is 3. The second-order valence-corrected chi connectivity index (χ2v) is 8.54. The predicted octanol–water partition coefficient (Wildman–Crippen LogP) is 2.87. The number of piperazine rings is 1. The number of benzene rings is 1. The van der Waals surface area contributed by atoms with Crippen molar-refractivity contribution in [1.82, 2.24) is 24.4 Å². The number of nitrogens with one attached hydrogen (secondary N) is 1. The van der Waals surface area contributed by atoms with Crippen molar-refractivity contribution in [2.24, 2.45) is 0 Å². The highest BCUT2D eigenvalue weighted by Crippen LogP contribution is 2.23. The van der Waals surface area contributed by atoms with Crippen LogP contribution >= 0.6 is 0 Å². The highest BCUT2D eigenvalue weighted by atomic mass is 19.1.